The average Bonchev–Trinajstić information content (AvgIpc) is 2.88. The van der Waals surface area contributed by atoms with Crippen LogP contribution in [0.1, 0.15) is 15.4 Å². The second-order valence-corrected chi connectivity index (χ2v) is 4.42. The molecule has 0 aliphatic heterocycles. The molecule has 3 aromatic rings. The number of oxazole rings is 1. The minimum absolute atomic E-state index is 0.537. The van der Waals surface area contributed by atoms with Gasteiger partial charge in [0.05, 0.1) is 16.8 Å². The summed E-state index contributed by atoms with van der Waals surface area (Å²) < 4.78 is 7.31. The number of aryl methyl sites for hydroxylation is 1. The van der Waals surface area contributed by atoms with Gasteiger partial charge in [-0.3, -0.25) is 9.20 Å². The number of carbonyl (C=O) groups excluding carboxylic acids is 1. The third kappa shape index (κ3) is 1.35. The molecule has 0 N–H and O–H groups in total. The highest BCUT2D eigenvalue weighted by atomic mass is 32.1. The minimum Gasteiger partial charge on any atom is -0.420 e. The van der Waals surface area contributed by atoms with Crippen molar-refractivity contribution in [2.75, 3.05) is 0 Å². The number of aldehydes is 1. The van der Waals surface area contributed by atoms with Crippen LogP contribution in [0.4, 0.5) is 0 Å². The van der Waals surface area contributed by atoms with E-state index < -0.39 is 0 Å². The molecule has 0 bridgehead atoms. The Kier molecular flexibility index (Phi) is 1.90. The van der Waals surface area contributed by atoms with Gasteiger partial charge in [0.1, 0.15) is 0 Å². The van der Waals surface area contributed by atoms with Crippen LogP contribution in [0.15, 0.2) is 23.0 Å². The number of nitrogens with zero attached hydrogens (tertiary/aromatic N) is 3. The van der Waals surface area contributed by atoms with Gasteiger partial charge < -0.3 is 4.42 Å². The molecule has 0 saturated heterocycles. The van der Waals surface area contributed by atoms with E-state index in [1.165, 1.54) is 17.5 Å². The fourth-order valence-corrected chi connectivity index (χ4v) is 2.14. The van der Waals surface area contributed by atoms with E-state index in [1.807, 2.05) is 19.3 Å². The lowest BCUT2D eigenvalue weighted by atomic mass is 10.5. The van der Waals surface area contributed by atoms with Crippen LogP contribution in [0.3, 0.4) is 0 Å². The van der Waals surface area contributed by atoms with Crippen molar-refractivity contribution in [3.8, 4) is 10.8 Å². The highest BCUT2D eigenvalue weighted by Crippen LogP contribution is 2.26. The maximum absolute atomic E-state index is 10.5. The van der Waals surface area contributed by atoms with Crippen molar-refractivity contribution in [2.45, 2.75) is 6.92 Å². The smallest absolute Gasteiger partial charge is 0.306 e. The lowest BCUT2D eigenvalue weighted by molar-refractivity contribution is 0.112. The number of carbonyl (C=O) groups is 1. The molecule has 0 radical (unpaired) electrons. The third-order valence-corrected chi connectivity index (χ3v) is 3.06. The summed E-state index contributed by atoms with van der Waals surface area (Å²) in [5.74, 6) is 1.16. The van der Waals surface area contributed by atoms with Gasteiger partial charge in [0.15, 0.2) is 17.1 Å². The summed E-state index contributed by atoms with van der Waals surface area (Å²) in [6, 6.07) is 0. The first-order valence-corrected chi connectivity index (χ1v) is 5.44. The topological polar surface area (TPSA) is 60.4 Å². The fourth-order valence-electron chi connectivity index (χ4n) is 1.47. The molecule has 0 aromatic carbocycles. The Hall–Kier alpha value is -1.95. The van der Waals surface area contributed by atoms with Crippen LogP contribution in [0.25, 0.3) is 16.6 Å². The van der Waals surface area contributed by atoms with Gasteiger partial charge in [0.2, 0.25) is 0 Å². The second kappa shape index (κ2) is 3.28. The van der Waals surface area contributed by atoms with E-state index >= 15 is 0 Å². The van der Waals surface area contributed by atoms with Gasteiger partial charge in [-0.15, -0.1) is 11.3 Å². The van der Waals surface area contributed by atoms with Gasteiger partial charge in [0, 0.05) is 12.4 Å². The Morgan fingerprint density at radius 2 is 2.38 bits per heavy atom. The maximum Gasteiger partial charge on any atom is 0.306 e. The van der Waals surface area contributed by atoms with Gasteiger partial charge >= 0.3 is 5.84 Å². The van der Waals surface area contributed by atoms with E-state index in [9.17, 15) is 4.79 Å². The van der Waals surface area contributed by atoms with Crippen LogP contribution in [-0.4, -0.2) is 20.7 Å². The van der Waals surface area contributed by atoms with Gasteiger partial charge in [0.25, 0.3) is 0 Å². The van der Waals surface area contributed by atoms with E-state index in [0.717, 1.165) is 12.0 Å². The van der Waals surface area contributed by atoms with E-state index in [2.05, 4.69) is 9.97 Å². The zero-order chi connectivity index (χ0) is 11.1. The second-order valence-electron chi connectivity index (χ2n) is 3.35. The highest BCUT2D eigenvalue weighted by Gasteiger charge is 2.11. The van der Waals surface area contributed by atoms with E-state index in [0.29, 0.717) is 21.5 Å². The van der Waals surface area contributed by atoms with Crippen molar-refractivity contribution >= 4 is 23.5 Å². The minimum atomic E-state index is 0.537. The summed E-state index contributed by atoms with van der Waals surface area (Å²) in [6.45, 7) is 1.90. The number of aromatic nitrogens is 3. The van der Waals surface area contributed by atoms with Gasteiger partial charge in [-0.05, 0) is 6.92 Å². The monoisotopic (exact) mass is 233 g/mol. The van der Waals surface area contributed by atoms with Crippen molar-refractivity contribution in [3.63, 3.8) is 0 Å². The number of imidazole rings is 1. The van der Waals surface area contributed by atoms with Crippen molar-refractivity contribution < 1.29 is 9.21 Å². The summed E-state index contributed by atoms with van der Waals surface area (Å²) in [5, 5.41) is 0.685. The molecule has 16 heavy (non-hydrogen) atoms. The Morgan fingerprint density at radius 3 is 3.06 bits per heavy atom. The van der Waals surface area contributed by atoms with E-state index in [-0.39, 0.29) is 0 Å². The van der Waals surface area contributed by atoms with Crippen LogP contribution in [-0.2, 0) is 0 Å². The number of thiazole rings is 1. The lowest BCUT2D eigenvalue weighted by Gasteiger charge is -1.84. The Morgan fingerprint density at radius 1 is 1.50 bits per heavy atom. The van der Waals surface area contributed by atoms with Crippen LogP contribution >= 0.6 is 11.3 Å². The summed E-state index contributed by atoms with van der Waals surface area (Å²) in [5.41, 5.74) is 0.901. The first-order valence-electron chi connectivity index (χ1n) is 4.63. The Labute approximate surface area is 94.4 Å². The lowest BCUT2D eigenvalue weighted by Crippen LogP contribution is -1.71. The molecule has 3 aromatic heterocycles. The van der Waals surface area contributed by atoms with Gasteiger partial charge in [-0.1, -0.05) is 0 Å². The molecule has 0 aliphatic carbocycles. The molecule has 0 unspecified atom stereocenters. The molecule has 80 valence electrons. The number of hydrogen-bond acceptors (Lipinski definition) is 5. The maximum atomic E-state index is 10.5. The summed E-state index contributed by atoms with van der Waals surface area (Å²) >= 11 is 1.29. The molecular formula is C10H7N3O2S. The highest BCUT2D eigenvalue weighted by molar-refractivity contribution is 7.16. The van der Waals surface area contributed by atoms with E-state index in [1.54, 1.807) is 4.40 Å². The van der Waals surface area contributed by atoms with Crippen LogP contribution in [0.2, 0.25) is 0 Å². The predicted molar refractivity (Wildman–Crippen MR) is 58.7 cm³/mol. The Balaban J connectivity index is 2.11. The van der Waals surface area contributed by atoms with Gasteiger partial charge in [-0.25, -0.2) is 4.98 Å². The van der Waals surface area contributed by atoms with Crippen molar-refractivity contribution in [1.82, 2.24) is 14.4 Å². The predicted octanol–water partition coefficient (Wildman–Crippen LogP) is 2.17. The summed E-state index contributed by atoms with van der Waals surface area (Å²) in [4.78, 5) is 19.4. The molecule has 3 heterocycles. The first kappa shape index (κ1) is 9.29. The normalized spacial score (nSPS) is 11.1. The summed E-state index contributed by atoms with van der Waals surface area (Å²) in [7, 11) is 0. The standard InChI is InChI=1S/C10H7N3O2S/c1-6-3-13-4-8(15-10(13)12-6)9-11-2-7(5-14)16-9/h2-5H,1H3. The number of hydrogen-bond donors (Lipinski definition) is 0. The molecule has 5 nitrogen and oxygen atoms in total. The molecule has 3 rings (SSSR count). The van der Waals surface area contributed by atoms with Crippen LogP contribution < -0.4 is 0 Å². The first-order chi connectivity index (χ1) is 7.76. The third-order valence-electron chi connectivity index (χ3n) is 2.13. The quantitative estimate of drug-likeness (QED) is 0.636. The van der Waals surface area contributed by atoms with Crippen molar-refractivity contribution in [2.24, 2.45) is 0 Å². The summed E-state index contributed by atoms with van der Waals surface area (Å²) in [6.07, 6.45) is 5.99. The zero-order valence-corrected chi connectivity index (χ0v) is 9.19. The number of fused-ring (bicyclic) bond motifs is 1. The molecule has 6 heteroatoms. The largest absolute Gasteiger partial charge is 0.420 e. The SMILES string of the molecule is Cc1cn2cc(-c3ncc(C=O)s3)oc2n1. The molecule has 0 saturated carbocycles. The molecule has 0 aliphatic rings. The molecular weight excluding hydrogens is 226 g/mol. The molecule has 0 amide bonds. The zero-order valence-electron chi connectivity index (χ0n) is 8.38. The van der Waals surface area contributed by atoms with Crippen LogP contribution in [0.5, 0.6) is 0 Å². The number of rotatable bonds is 2. The van der Waals surface area contributed by atoms with Crippen molar-refractivity contribution in [3.05, 3.63) is 29.2 Å². The fraction of sp³-hybridized carbons (Fsp3) is 0.100. The van der Waals surface area contributed by atoms with Crippen LogP contribution in [0, 0.1) is 6.92 Å². The van der Waals surface area contributed by atoms with Gasteiger partial charge in [-0.2, -0.15) is 4.98 Å². The average molecular weight is 233 g/mol. The molecule has 0 spiro atoms. The molecule has 0 fully saturated rings. The van der Waals surface area contributed by atoms with E-state index in [4.69, 9.17) is 4.42 Å². The Bertz CT molecular complexity index is 633. The van der Waals surface area contributed by atoms with Crippen molar-refractivity contribution in [1.29, 1.82) is 0 Å². The molecule has 0 atom stereocenters.